The first-order chi connectivity index (χ1) is 7.18. The summed E-state index contributed by atoms with van der Waals surface area (Å²) in [5.41, 5.74) is 6.25. The third-order valence-electron chi connectivity index (χ3n) is 1.96. The van der Waals surface area contributed by atoms with Gasteiger partial charge in [0.1, 0.15) is 5.84 Å². The molecule has 0 aromatic heterocycles. The molecule has 0 saturated heterocycles. The summed E-state index contributed by atoms with van der Waals surface area (Å²) in [5.74, 6) is -0.0999. The normalized spacial score (nSPS) is 9.60. The van der Waals surface area contributed by atoms with Gasteiger partial charge in [0.15, 0.2) is 0 Å². The Morgan fingerprint density at radius 1 is 1.33 bits per heavy atom. The highest BCUT2D eigenvalue weighted by Crippen LogP contribution is 2.01. The van der Waals surface area contributed by atoms with Crippen molar-refractivity contribution in [2.24, 2.45) is 5.73 Å². The molecule has 1 aromatic carbocycles. The number of nitrogens with one attached hydrogen (secondary N) is 2. The van der Waals surface area contributed by atoms with Crippen LogP contribution in [-0.2, 0) is 11.2 Å². The van der Waals surface area contributed by atoms with Crippen molar-refractivity contribution in [3.8, 4) is 0 Å². The zero-order valence-corrected chi connectivity index (χ0v) is 8.49. The fourth-order valence-electron chi connectivity index (χ4n) is 1.18. The molecule has 0 bridgehead atoms. The molecule has 4 nitrogen and oxygen atoms in total. The van der Waals surface area contributed by atoms with Gasteiger partial charge in [-0.15, -0.1) is 0 Å². The lowest BCUT2D eigenvalue weighted by molar-refractivity contribution is -0.120. The first kappa shape index (κ1) is 11.2. The summed E-state index contributed by atoms with van der Waals surface area (Å²) in [6.45, 7) is 0.133. The molecule has 0 aliphatic heterocycles. The van der Waals surface area contributed by atoms with Gasteiger partial charge in [-0.05, 0) is 12.0 Å². The van der Waals surface area contributed by atoms with Crippen LogP contribution in [0, 0.1) is 5.41 Å². The van der Waals surface area contributed by atoms with E-state index in [1.807, 2.05) is 30.3 Å². The lowest BCUT2D eigenvalue weighted by Gasteiger charge is -2.03. The smallest absolute Gasteiger partial charge is 0.220 e. The van der Waals surface area contributed by atoms with Gasteiger partial charge in [0.2, 0.25) is 5.91 Å². The molecule has 1 rings (SSSR count). The summed E-state index contributed by atoms with van der Waals surface area (Å²) >= 11 is 0. The van der Waals surface area contributed by atoms with E-state index in [4.69, 9.17) is 11.1 Å². The van der Waals surface area contributed by atoms with E-state index < -0.39 is 0 Å². The molecule has 0 radical (unpaired) electrons. The lowest BCUT2D eigenvalue weighted by atomic mass is 10.1. The van der Waals surface area contributed by atoms with Crippen LogP contribution < -0.4 is 11.1 Å². The zero-order valence-electron chi connectivity index (χ0n) is 8.49. The maximum atomic E-state index is 11.3. The predicted molar refractivity (Wildman–Crippen MR) is 59.7 cm³/mol. The Hall–Kier alpha value is -1.84. The summed E-state index contributed by atoms with van der Waals surface area (Å²) in [4.78, 5) is 11.3. The number of benzene rings is 1. The molecular weight excluding hydrogens is 190 g/mol. The molecule has 4 heteroatoms. The van der Waals surface area contributed by atoms with Crippen molar-refractivity contribution in [3.63, 3.8) is 0 Å². The Kier molecular flexibility index (Phi) is 4.34. The molecule has 1 amide bonds. The maximum absolute atomic E-state index is 11.3. The summed E-state index contributed by atoms with van der Waals surface area (Å²) in [5, 5.41) is 9.51. The highest BCUT2D eigenvalue weighted by molar-refractivity contribution is 5.85. The van der Waals surface area contributed by atoms with Crippen molar-refractivity contribution >= 4 is 11.7 Å². The van der Waals surface area contributed by atoms with Crippen LogP contribution in [0.5, 0.6) is 0 Å². The summed E-state index contributed by atoms with van der Waals surface area (Å²) in [7, 11) is 0. The van der Waals surface area contributed by atoms with Gasteiger partial charge in [0.05, 0.1) is 6.54 Å². The molecular formula is C11H15N3O. The highest BCUT2D eigenvalue weighted by Gasteiger charge is 2.01. The molecule has 0 aliphatic carbocycles. The Balaban J connectivity index is 2.26. The molecule has 0 saturated carbocycles. The maximum Gasteiger partial charge on any atom is 0.220 e. The van der Waals surface area contributed by atoms with Gasteiger partial charge in [-0.2, -0.15) is 0 Å². The van der Waals surface area contributed by atoms with Crippen molar-refractivity contribution in [2.75, 3.05) is 6.54 Å². The van der Waals surface area contributed by atoms with E-state index in [1.165, 1.54) is 0 Å². The van der Waals surface area contributed by atoms with Gasteiger partial charge in [-0.25, -0.2) is 0 Å². The van der Waals surface area contributed by atoms with Gasteiger partial charge in [-0.3, -0.25) is 10.2 Å². The van der Waals surface area contributed by atoms with Gasteiger partial charge >= 0.3 is 0 Å². The molecule has 0 heterocycles. The summed E-state index contributed by atoms with van der Waals surface area (Å²) in [6.07, 6.45) is 1.14. The van der Waals surface area contributed by atoms with Crippen LogP contribution in [0.1, 0.15) is 12.0 Å². The number of hydrogen-bond acceptors (Lipinski definition) is 2. The van der Waals surface area contributed by atoms with Crippen LogP contribution in [0.2, 0.25) is 0 Å². The molecule has 1 aromatic rings. The molecule has 0 fully saturated rings. The number of hydrogen-bond donors (Lipinski definition) is 3. The van der Waals surface area contributed by atoms with Crippen LogP contribution in [0.4, 0.5) is 0 Å². The third kappa shape index (κ3) is 4.81. The Bertz CT molecular complexity index is 335. The van der Waals surface area contributed by atoms with E-state index in [9.17, 15) is 4.79 Å². The molecule has 0 atom stereocenters. The predicted octanol–water partition coefficient (Wildman–Crippen LogP) is 0.671. The van der Waals surface area contributed by atoms with Crippen LogP contribution in [0.3, 0.4) is 0 Å². The number of amidine groups is 1. The fraction of sp³-hybridized carbons (Fsp3) is 0.273. The average Bonchev–Trinajstić information content (AvgIpc) is 2.25. The van der Waals surface area contributed by atoms with E-state index in [0.717, 1.165) is 5.56 Å². The largest absolute Gasteiger partial charge is 0.386 e. The van der Waals surface area contributed by atoms with Gasteiger partial charge < -0.3 is 11.1 Å². The quantitative estimate of drug-likeness (QED) is 0.488. The monoisotopic (exact) mass is 205 g/mol. The molecule has 0 unspecified atom stereocenters. The van der Waals surface area contributed by atoms with Crippen LogP contribution in [0.15, 0.2) is 30.3 Å². The molecule has 0 spiro atoms. The highest BCUT2D eigenvalue weighted by atomic mass is 16.1. The van der Waals surface area contributed by atoms with Crippen molar-refractivity contribution in [2.45, 2.75) is 12.8 Å². The van der Waals surface area contributed by atoms with Gasteiger partial charge in [0, 0.05) is 6.42 Å². The van der Waals surface area contributed by atoms with E-state index in [2.05, 4.69) is 5.32 Å². The Labute approximate surface area is 89.0 Å². The number of rotatable bonds is 5. The number of nitrogens with two attached hydrogens (primary N) is 1. The van der Waals surface area contributed by atoms with Crippen LogP contribution >= 0.6 is 0 Å². The molecule has 15 heavy (non-hydrogen) atoms. The fourth-order valence-corrected chi connectivity index (χ4v) is 1.18. The van der Waals surface area contributed by atoms with Crippen molar-refractivity contribution in [3.05, 3.63) is 35.9 Å². The number of carbonyl (C=O) groups is 1. The van der Waals surface area contributed by atoms with Gasteiger partial charge in [0.25, 0.3) is 0 Å². The van der Waals surface area contributed by atoms with E-state index in [-0.39, 0.29) is 18.3 Å². The first-order valence-electron chi connectivity index (χ1n) is 4.82. The second kappa shape index (κ2) is 5.80. The van der Waals surface area contributed by atoms with Crippen molar-refractivity contribution < 1.29 is 4.79 Å². The molecule has 80 valence electrons. The topological polar surface area (TPSA) is 79.0 Å². The SMILES string of the molecule is N=C(N)CNC(=O)CCc1ccccc1. The summed E-state index contributed by atoms with van der Waals surface area (Å²) < 4.78 is 0. The Morgan fingerprint density at radius 2 is 2.00 bits per heavy atom. The molecule has 0 aliphatic rings. The van der Waals surface area contributed by atoms with Crippen LogP contribution in [-0.4, -0.2) is 18.3 Å². The van der Waals surface area contributed by atoms with E-state index in [1.54, 1.807) is 0 Å². The van der Waals surface area contributed by atoms with Gasteiger partial charge in [-0.1, -0.05) is 30.3 Å². The minimum absolute atomic E-state index is 0.0249. The Morgan fingerprint density at radius 3 is 2.60 bits per heavy atom. The lowest BCUT2D eigenvalue weighted by Crippen LogP contribution is -2.32. The number of amides is 1. The first-order valence-corrected chi connectivity index (χ1v) is 4.82. The second-order valence-corrected chi connectivity index (χ2v) is 3.29. The molecule has 4 N–H and O–H groups in total. The standard InChI is InChI=1S/C11H15N3O/c12-10(13)8-14-11(15)7-6-9-4-2-1-3-5-9/h1-5H,6-8H2,(H3,12,13)(H,14,15). The van der Waals surface area contributed by atoms with Crippen molar-refractivity contribution in [1.82, 2.24) is 5.32 Å². The van der Waals surface area contributed by atoms with E-state index in [0.29, 0.717) is 12.8 Å². The zero-order chi connectivity index (χ0) is 11.1. The minimum atomic E-state index is -0.0750. The van der Waals surface area contributed by atoms with Crippen LogP contribution in [0.25, 0.3) is 0 Å². The minimum Gasteiger partial charge on any atom is -0.386 e. The second-order valence-electron chi connectivity index (χ2n) is 3.29. The number of aryl methyl sites for hydroxylation is 1. The van der Waals surface area contributed by atoms with Crippen molar-refractivity contribution in [1.29, 1.82) is 5.41 Å². The summed E-state index contributed by atoms with van der Waals surface area (Å²) in [6, 6.07) is 9.81. The number of carbonyl (C=O) groups excluding carboxylic acids is 1. The van der Waals surface area contributed by atoms with E-state index >= 15 is 0 Å². The average molecular weight is 205 g/mol. The third-order valence-corrected chi connectivity index (χ3v) is 1.96.